The number of amides is 1. The van der Waals surface area contributed by atoms with Crippen molar-refractivity contribution in [1.29, 1.82) is 0 Å². The van der Waals surface area contributed by atoms with E-state index >= 15 is 0 Å². The molecule has 4 heterocycles. The molecule has 0 saturated heterocycles. The van der Waals surface area contributed by atoms with Crippen LogP contribution in [0.4, 0.5) is 5.69 Å². The molecule has 0 fully saturated rings. The summed E-state index contributed by atoms with van der Waals surface area (Å²) < 4.78 is 16.8. The van der Waals surface area contributed by atoms with Gasteiger partial charge in [-0.15, -0.1) is 0 Å². The third-order valence-electron chi connectivity index (χ3n) is 5.09. The number of hydrogen-bond acceptors (Lipinski definition) is 8. The molecule has 156 valence electrons. The van der Waals surface area contributed by atoms with Gasteiger partial charge >= 0.3 is 0 Å². The maximum Gasteiger partial charge on any atom is 0.283 e. The number of pyridine rings is 2. The molecule has 1 spiro atoms. The van der Waals surface area contributed by atoms with Crippen molar-refractivity contribution < 1.29 is 19.0 Å². The van der Waals surface area contributed by atoms with Crippen molar-refractivity contribution in [2.75, 3.05) is 19.0 Å². The molecular formula is C21H16ClN5O4. The smallest absolute Gasteiger partial charge is 0.283 e. The van der Waals surface area contributed by atoms with Crippen LogP contribution in [0, 0.1) is 0 Å². The SMILES string of the molecule is COc1cc2c(cn1)Oc1ccc(NC(=O)c3ccc(Cl)cn3)cc1[C@@]21COC(N)=N1. The van der Waals surface area contributed by atoms with E-state index in [4.69, 9.17) is 31.5 Å². The van der Waals surface area contributed by atoms with E-state index in [0.717, 1.165) is 0 Å². The molecule has 0 bridgehead atoms. The number of amidine groups is 1. The number of carbonyl (C=O) groups excluding carboxylic acids is 1. The van der Waals surface area contributed by atoms with E-state index in [0.29, 0.717) is 39.2 Å². The first-order chi connectivity index (χ1) is 15.0. The first kappa shape index (κ1) is 19.1. The summed E-state index contributed by atoms with van der Waals surface area (Å²) in [7, 11) is 1.53. The highest BCUT2D eigenvalue weighted by molar-refractivity contribution is 6.30. The molecule has 5 rings (SSSR count). The number of halogens is 1. The number of methoxy groups -OCH3 is 1. The number of carbonyl (C=O) groups is 1. The molecule has 1 atom stereocenters. The predicted molar refractivity (Wildman–Crippen MR) is 113 cm³/mol. The quantitative estimate of drug-likeness (QED) is 0.645. The summed E-state index contributed by atoms with van der Waals surface area (Å²) in [5, 5.41) is 3.28. The minimum absolute atomic E-state index is 0.0642. The summed E-state index contributed by atoms with van der Waals surface area (Å²) in [4.78, 5) is 25.4. The second-order valence-corrected chi connectivity index (χ2v) is 7.39. The lowest BCUT2D eigenvalue weighted by Gasteiger charge is -2.33. The summed E-state index contributed by atoms with van der Waals surface area (Å²) in [5.41, 5.74) is 7.09. The Morgan fingerprint density at radius 3 is 2.71 bits per heavy atom. The molecule has 1 aromatic carbocycles. The summed E-state index contributed by atoms with van der Waals surface area (Å²) in [6.07, 6.45) is 2.99. The fourth-order valence-electron chi connectivity index (χ4n) is 3.64. The van der Waals surface area contributed by atoms with E-state index in [2.05, 4.69) is 20.3 Å². The van der Waals surface area contributed by atoms with Gasteiger partial charge in [0.05, 0.1) is 18.3 Å². The fourth-order valence-corrected chi connectivity index (χ4v) is 3.75. The van der Waals surface area contributed by atoms with Gasteiger partial charge in [-0.3, -0.25) is 4.79 Å². The van der Waals surface area contributed by atoms with Gasteiger partial charge < -0.3 is 25.3 Å². The van der Waals surface area contributed by atoms with Crippen LogP contribution in [0.5, 0.6) is 17.4 Å². The van der Waals surface area contributed by atoms with Crippen molar-refractivity contribution in [1.82, 2.24) is 9.97 Å². The molecule has 10 heteroatoms. The lowest BCUT2D eigenvalue weighted by Crippen LogP contribution is -2.31. The predicted octanol–water partition coefficient (Wildman–Crippen LogP) is 3.09. The zero-order valence-corrected chi connectivity index (χ0v) is 17.0. The third kappa shape index (κ3) is 3.19. The van der Waals surface area contributed by atoms with Crippen molar-refractivity contribution >= 4 is 29.2 Å². The van der Waals surface area contributed by atoms with Crippen LogP contribution in [0.1, 0.15) is 21.6 Å². The van der Waals surface area contributed by atoms with Crippen molar-refractivity contribution in [3.63, 3.8) is 0 Å². The van der Waals surface area contributed by atoms with E-state index in [1.165, 1.54) is 13.3 Å². The van der Waals surface area contributed by atoms with Crippen LogP contribution < -0.4 is 20.5 Å². The van der Waals surface area contributed by atoms with Crippen LogP contribution in [0.3, 0.4) is 0 Å². The van der Waals surface area contributed by atoms with Crippen molar-refractivity contribution in [3.8, 4) is 17.4 Å². The van der Waals surface area contributed by atoms with E-state index in [-0.39, 0.29) is 24.2 Å². The number of aromatic nitrogens is 2. The molecule has 2 aliphatic rings. The highest BCUT2D eigenvalue weighted by Crippen LogP contribution is 2.51. The molecular weight excluding hydrogens is 422 g/mol. The van der Waals surface area contributed by atoms with Gasteiger partial charge in [-0.25, -0.2) is 15.0 Å². The summed E-state index contributed by atoms with van der Waals surface area (Å²) in [6, 6.07) is 10.2. The highest BCUT2D eigenvalue weighted by Gasteiger charge is 2.47. The van der Waals surface area contributed by atoms with Gasteiger partial charge in [0.25, 0.3) is 11.9 Å². The zero-order chi connectivity index (χ0) is 21.6. The molecule has 0 aliphatic carbocycles. The Labute approximate surface area is 181 Å². The molecule has 0 radical (unpaired) electrons. The summed E-state index contributed by atoms with van der Waals surface area (Å²) >= 11 is 5.84. The van der Waals surface area contributed by atoms with E-state index in [9.17, 15) is 4.79 Å². The average molecular weight is 438 g/mol. The second-order valence-electron chi connectivity index (χ2n) is 6.95. The minimum atomic E-state index is -0.956. The molecule has 9 nitrogen and oxygen atoms in total. The standard InChI is InChI=1S/C21H16ClN5O4/c1-29-18-7-14-17(9-25-18)31-16-5-3-12(6-13(16)21(14)10-30-20(23)27-21)26-19(28)15-4-2-11(22)8-24-15/h2-9H,10H2,1H3,(H2,23,27)(H,26,28)/t21-/m0/s1. The summed E-state index contributed by atoms with van der Waals surface area (Å²) in [6.45, 7) is 0.172. The van der Waals surface area contributed by atoms with Gasteiger partial charge in [0, 0.05) is 29.1 Å². The van der Waals surface area contributed by atoms with E-state index in [1.54, 1.807) is 42.6 Å². The van der Waals surface area contributed by atoms with Crippen molar-refractivity contribution in [2.45, 2.75) is 5.54 Å². The number of benzene rings is 1. The minimum Gasteiger partial charge on any atom is -0.481 e. The van der Waals surface area contributed by atoms with Crippen LogP contribution in [0.25, 0.3) is 0 Å². The fraction of sp³-hybridized carbons (Fsp3) is 0.143. The van der Waals surface area contributed by atoms with Crippen LogP contribution in [0.2, 0.25) is 5.02 Å². The molecule has 1 amide bonds. The number of hydrogen-bond donors (Lipinski definition) is 2. The lowest BCUT2D eigenvalue weighted by atomic mass is 9.81. The number of aliphatic imine (C=N–C) groups is 1. The van der Waals surface area contributed by atoms with E-state index < -0.39 is 5.54 Å². The van der Waals surface area contributed by atoms with Crippen LogP contribution in [-0.2, 0) is 10.3 Å². The number of nitrogens with two attached hydrogens (primary N) is 1. The van der Waals surface area contributed by atoms with Gasteiger partial charge in [-0.05, 0) is 30.3 Å². The number of nitrogens with zero attached hydrogens (tertiary/aromatic N) is 3. The molecule has 2 aliphatic heterocycles. The van der Waals surface area contributed by atoms with Gasteiger partial charge in [-0.2, -0.15) is 0 Å². The molecule has 3 aromatic rings. The second kappa shape index (κ2) is 7.13. The topological polar surface area (TPSA) is 121 Å². The molecule has 0 unspecified atom stereocenters. The third-order valence-corrected chi connectivity index (χ3v) is 5.31. The number of anilines is 1. The number of ether oxygens (including phenoxy) is 3. The lowest BCUT2D eigenvalue weighted by molar-refractivity contribution is 0.102. The zero-order valence-electron chi connectivity index (χ0n) is 16.3. The molecule has 0 saturated carbocycles. The maximum absolute atomic E-state index is 12.6. The molecule has 2 aromatic heterocycles. The number of nitrogens with one attached hydrogen (secondary N) is 1. The Kier molecular flexibility index (Phi) is 4.40. The average Bonchev–Trinajstić information content (AvgIpc) is 3.17. The maximum atomic E-state index is 12.6. The van der Waals surface area contributed by atoms with Gasteiger partial charge in [0.1, 0.15) is 18.1 Å². The normalized spacial score (nSPS) is 18.3. The van der Waals surface area contributed by atoms with Crippen LogP contribution in [0.15, 0.2) is 53.8 Å². The number of rotatable bonds is 3. The van der Waals surface area contributed by atoms with Gasteiger partial charge in [0.15, 0.2) is 11.3 Å². The Hall–Kier alpha value is -3.85. The van der Waals surface area contributed by atoms with Crippen LogP contribution >= 0.6 is 11.6 Å². The summed E-state index contributed by atoms with van der Waals surface area (Å²) in [5.74, 6) is 1.12. The van der Waals surface area contributed by atoms with Crippen molar-refractivity contribution in [2.24, 2.45) is 10.7 Å². The Balaban J connectivity index is 1.56. The molecule has 31 heavy (non-hydrogen) atoms. The number of fused-ring (bicyclic) bond motifs is 4. The largest absolute Gasteiger partial charge is 0.481 e. The Bertz CT molecular complexity index is 1230. The first-order valence-corrected chi connectivity index (χ1v) is 9.64. The van der Waals surface area contributed by atoms with Gasteiger partial charge in [0.2, 0.25) is 5.88 Å². The first-order valence-electron chi connectivity index (χ1n) is 9.26. The van der Waals surface area contributed by atoms with E-state index in [1.807, 2.05) is 0 Å². The highest BCUT2D eigenvalue weighted by atomic mass is 35.5. The Morgan fingerprint density at radius 2 is 2.00 bits per heavy atom. The monoisotopic (exact) mass is 437 g/mol. The van der Waals surface area contributed by atoms with Crippen LogP contribution in [-0.4, -0.2) is 35.6 Å². The molecule has 3 N–H and O–H groups in total. The van der Waals surface area contributed by atoms with Crippen molar-refractivity contribution in [3.05, 3.63) is 70.6 Å². The van der Waals surface area contributed by atoms with Gasteiger partial charge in [-0.1, -0.05) is 11.6 Å². The Morgan fingerprint density at radius 1 is 1.16 bits per heavy atom.